The molecule has 2 fully saturated rings. The second-order valence-electron chi connectivity index (χ2n) is 11.0. The number of anilines is 2. The Kier molecular flexibility index (Phi) is 7.80. The zero-order chi connectivity index (χ0) is 23.4. The van der Waals surface area contributed by atoms with Crippen LogP contribution in [0.1, 0.15) is 58.9 Å². The van der Waals surface area contributed by atoms with Gasteiger partial charge in [-0.1, -0.05) is 33.8 Å². The molecule has 1 aliphatic carbocycles. The summed E-state index contributed by atoms with van der Waals surface area (Å²) < 4.78 is 5.59. The molecule has 1 unspecified atom stereocenters. The Morgan fingerprint density at radius 3 is 2.36 bits per heavy atom. The molecule has 0 radical (unpaired) electrons. The predicted octanol–water partition coefficient (Wildman–Crippen LogP) is 4.85. The van der Waals surface area contributed by atoms with Gasteiger partial charge in [-0.05, 0) is 54.4 Å². The van der Waals surface area contributed by atoms with E-state index in [2.05, 4.69) is 59.7 Å². The summed E-state index contributed by atoms with van der Waals surface area (Å²) >= 11 is 0. The van der Waals surface area contributed by atoms with Gasteiger partial charge in [-0.15, -0.1) is 0 Å². The van der Waals surface area contributed by atoms with E-state index in [9.17, 15) is 4.79 Å². The minimum Gasteiger partial charge on any atom is -0.378 e. The average molecular weight is 454 g/mol. The molecule has 0 amide bonds. The maximum absolute atomic E-state index is 11.9. The summed E-state index contributed by atoms with van der Waals surface area (Å²) in [6, 6.07) is 7.10. The number of piperazine rings is 1. The summed E-state index contributed by atoms with van der Waals surface area (Å²) in [6.07, 6.45) is 6.76. The fraction of sp³-hybridized carbons (Fsp3) is 0.679. The van der Waals surface area contributed by atoms with Crippen molar-refractivity contribution in [1.29, 1.82) is 0 Å². The Balaban J connectivity index is 1.56. The molecule has 1 aromatic carbocycles. The molecule has 4 rings (SSSR count). The second-order valence-corrected chi connectivity index (χ2v) is 11.0. The maximum atomic E-state index is 11.9. The summed E-state index contributed by atoms with van der Waals surface area (Å²) in [7, 11) is 0. The lowest BCUT2D eigenvalue weighted by molar-refractivity contribution is -0.119. The molecule has 182 valence electrons. The number of carbonyl (C=O) groups excluding carboxylic acids is 1. The van der Waals surface area contributed by atoms with E-state index in [0.29, 0.717) is 24.2 Å². The van der Waals surface area contributed by atoms with Gasteiger partial charge in [-0.25, -0.2) is 0 Å². The zero-order valence-corrected chi connectivity index (χ0v) is 21.2. The van der Waals surface area contributed by atoms with Crippen LogP contribution < -0.4 is 9.80 Å². The molecule has 0 bridgehead atoms. The van der Waals surface area contributed by atoms with Crippen LogP contribution in [0.2, 0.25) is 0 Å². The maximum Gasteiger partial charge on any atom is 0.146 e. The minimum atomic E-state index is 0.347. The van der Waals surface area contributed by atoms with E-state index in [1.165, 1.54) is 35.4 Å². The number of hydrogen-bond acceptors (Lipinski definition) is 5. The predicted molar refractivity (Wildman–Crippen MR) is 138 cm³/mol. The molecule has 5 heteroatoms. The van der Waals surface area contributed by atoms with E-state index in [1.807, 2.05) is 6.92 Å². The molecule has 2 heterocycles. The fourth-order valence-electron chi connectivity index (χ4n) is 5.45. The van der Waals surface area contributed by atoms with Gasteiger partial charge < -0.3 is 14.5 Å². The lowest BCUT2D eigenvalue weighted by atomic mass is 9.72. The molecule has 33 heavy (non-hydrogen) atoms. The highest BCUT2D eigenvalue weighted by Crippen LogP contribution is 2.42. The van der Waals surface area contributed by atoms with Crippen molar-refractivity contribution < 1.29 is 9.53 Å². The van der Waals surface area contributed by atoms with Crippen LogP contribution in [0.25, 0.3) is 5.57 Å². The van der Waals surface area contributed by atoms with Crippen LogP contribution in [0, 0.1) is 11.3 Å². The van der Waals surface area contributed by atoms with Gasteiger partial charge in [-0.2, -0.15) is 0 Å². The number of allylic oxidation sites excluding steroid dienone is 2. The molecule has 2 aliphatic heterocycles. The average Bonchev–Trinajstić information content (AvgIpc) is 2.84. The van der Waals surface area contributed by atoms with Crippen LogP contribution in [0.15, 0.2) is 24.3 Å². The quantitative estimate of drug-likeness (QED) is 0.615. The van der Waals surface area contributed by atoms with Crippen molar-refractivity contribution in [3.05, 3.63) is 29.8 Å². The molecule has 0 saturated carbocycles. The van der Waals surface area contributed by atoms with Crippen molar-refractivity contribution in [3.63, 3.8) is 0 Å². The van der Waals surface area contributed by atoms with Crippen LogP contribution in [-0.4, -0.2) is 69.7 Å². The van der Waals surface area contributed by atoms with Gasteiger partial charge in [0.25, 0.3) is 0 Å². The molecule has 1 aromatic rings. The summed E-state index contributed by atoms with van der Waals surface area (Å²) in [5.74, 6) is 1.10. The standard InChI is InChI=1S/C28H43N3O2/c1-5-25(32)21-29-12-14-31(15-13-29)27-11-10-24(30-16-18-33-19-17-30)20-26(27)22-6-8-23(9-7-22)28(2,3)4/h6,10-11,20,23H,5,7-9,12-19,21H2,1-4H3. The lowest BCUT2D eigenvalue weighted by Crippen LogP contribution is -2.48. The largest absolute Gasteiger partial charge is 0.378 e. The van der Waals surface area contributed by atoms with E-state index in [-0.39, 0.29) is 0 Å². The molecule has 0 spiro atoms. The Bertz CT molecular complexity index is 843. The van der Waals surface area contributed by atoms with Gasteiger partial charge in [0.1, 0.15) is 5.78 Å². The monoisotopic (exact) mass is 453 g/mol. The first kappa shape index (κ1) is 24.3. The van der Waals surface area contributed by atoms with Gasteiger partial charge in [0.05, 0.1) is 19.8 Å². The number of Topliss-reactive ketones (excluding diaryl/α,β-unsaturated/α-hetero) is 1. The Morgan fingerprint density at radius 2 is 1.76 bits per heavy atom. The van der Waals surface area contributed by atoms with Crippen LogP contribution in [0.4, 0.5) is 11.4 Å². The number of ketones is 1. The van der Waals surface area contributed by atoms with Crippen molar-refractivity contribution >= 4 is 22.7 Å². The first-order valence-electron chi connectivity index (χ1n) is 13.0. The molecular formula is C28H43N3O2. The highest BCUT2D eigenvalue weighted by molar-refractivity contribution is 5.81. The molecule has 2 saturated heterocycles. The summed E-state index contributed by atoms with van der Waals surface area (Å²) in [6.45, 7) is 17.1. The van der Waals surface area contributed by atoms with Gasteiger partial charge in [0.2, 0.25) is 0 Å². The van der Waals surface area contributed by atoms with Crippen molar-refractivity contribution in [1.82, 2.24) is 4.90 Å². The van der Waals surface area contributed by atoms with E-state index in [0.717, 1.165) is 64.8 Å². The third-order valence-electron chi connectivity index (χ3n) is 7.85. The minimum absolute atomic E-state index is 0.347. The first-order valence-corrected chi connectivity index (χ1v) is 13.0. The molecule has 0 aromatic heterocycles. The third-order valence-corrected chi connectivity index (χ3v) is 7.85. The van der Waals surface area contributed by atoms with Gasteiger partial charge in [0.15, 0.2) is 0 Å². The molecular weight excluding hydrogens is 410 g/mol. The normalized spacial score (nSPS) is 22.9. The van der Waals surface area contributed by atoms with Crippen LogP contribution in [-0.2, 0) is 9.53 Å². The summed E-state index contributed by atoms with van der Waals surface area (Å²) in [5.41, 5.74) is 6.00. The van der Waals surface area contributed by atoms with Crippen LogP contribution in [0.3, 0.4) is 0 Å². The smallest absolute Gasteiger partial charge is 0.146 e. The van der Waals surface area contributed by atoms with E-state index < -0.39 is 0 Å². The molecule has 1 atom stereocenters. The van der Waals surface area contributed by atoms with Gasteiger partial charge in [0, 0.05) is 62.6 Å². The third kappa shape index (κ3) is 5.99. The number of benzene rings is 1. The number of nitrogens with zero attached hydrogens (tertiary/aromatic N) is 3. The fourth-order valence-corrected chi connectivity index (χ4v) is 5.45. The Labute approximate surface area is 200 Å². The topological polar surface area (TPSA) is 36.0 Å². The summed E-state index contributed by atoms with van der Waals surface area (Å²) in [5, 5.41) is 0. The number of rotatable bonds is 6. The van der Waals surface area contributed by atoms with Crippen molar-refractivity contribution in [2.24, 2.45) is 11.3 Å². The number of morpholine rings is 1. The number of ether oxygens (including phenoxy) is 1. The number of carbonyl (C=O) groups is 1. The van der Waals surface area contributed by atoms with E-state index in [1.54, 1.807) is 0 Å². The molecule has 5 nitrogen and oxygen atoms in total. The van der Waals surface area contributed by atoms with Crippen LogP contribution in [0.5, 0.6) is 0 Å². The van der Waals surface area contributed by atoms with Crippen molar-refractivity contribution in [2.75, 3.05) is 68.8 Å². The van der Waals surface area contributed by atoms with Crippen LogP contribution >= 0.6 is 0 Å². The number of hydrogen-bond donors (Lipinski definition) is 0. The Hall–Kier alpha value is -1.85. The van der Waals surface area contributed by atoms with E-state index in [4.69, 9.17) is 4.74 Å². The molecule has 0 N–H and O–H groups in total. The highest BCUT2D eigenvalue weighted by atomic mass is 16.5. The van der Waals surface area contributed by atoms with Crippen molar-refractivity contribution in [2.45, 2.75) is 53.4 Å². The lowest BCUT2D eigenvalue weighted by Gasteiger charge is -2.38. The second kappa shape index (κ2) is 10.6. The molecule has 3 aliphatic rings. The summed E-state index contributed by atoms with van der Waals surface area (Å²) in [4.78, 5) is 19.2. The first-order chi connectivity index (χ1) is 15.8. The van der Waals surface area contributed by atoms with Gasteiger partial charge >= 0.3 is 0 Å². The van der Waals surface area contributed by atoms with E-state index >= 15 is 0 Å². The van der Waals surface area contributed by atoms with Gasteiger partial charge in [-0.3, -0.25) is 9.69 Å². The van der Waals surface area contributed by atoms with Crippen molar-refractivity contribution in [3.8, 4) is 0 Å². The highest BCUT2D eigenvalue weighted by Gasteiger charge is 2.28. The zero-order valence-electron chi connectivity index (χ0n) is 21.2. The Morgan fingerprint density at radius 1 is 1.03 bits per heavy atom. The SMILES string of the molecule is CCC(=O)CN1CCN(c2ccc(N3CCOCC3)cc2C2=CCC(C(C)(C)C)CC2)CC1.